The van der Waals surface area contributed by atoms with Crippen LogP contribution in [0, 0.1) is 0 Å². The number of carbonyl (C=O) groups is 2. The number of carbonyl (C=O) groups excluding carboxylic acids is 2. The summed E-state index contributed by atoms with van der Waals surface area (Å²) in [4.78, 5) is 30.5. The summed E-state index contributed by atoms with van der Waals surface area (Å²) in [7, 11) is 0. The Kier molecular flexibility index (Phi) is 5.65. The maximum absolute atomic E-state index is 11.8. The molecule has 9 heteroatoms. The Hall–Kier alpha value is -3.13. The third kappa shape index (κ3) is 4.70. The lowest BCUT2D eigenvalue weighted by atomic mass is 10.2. The molecule has 0 unspecified atom stereocenters. The number of amides is 2. The van der Waals surface area contributed by atoms with Gasteiger partial charge in [0.15, 0.2) is 0 Å². The van der Waals surface area contributed by atoms with Crippen molar-refractivity contribution in [2.45, 2.75) is 19.3 Å². The van der Waals surface area contributed by atoms with E-state index in [1.54, 1.807) is 42.6 Å². The number of hydrogen-bond acceptors (Lipinski definition) is 5. The zero-order valence-corrected chi connectivity index (χ0v) is 14.4. The summed E-state index contributed by atoms with van der Waals surface area (Å²) in [5, 5.41) is 4.54. The molecule has 3 aromatic rings. The van der Waals surface area contributed by atoms with Crippen LogP contribution in [0.5, 0.6) is 0 Å². The first-order valence-electron chi connectivity index (χ1n) is 7.93. The van der Waals surface area contributed by atoms with Crippen LogP contribution in [0.4, 0.5) is 0 Å². The number of nitrogens with zero attached hydrogens (tertiary/aromatic N) is 2. The third-order valence-electron chi connectivity index (χ3n) is 3.52. The van der Waals surface area contributed by atoms with Gasteiger partial charge < -0.3 is 9.51 Å². The van der Waals surface area contributed by atoms with Gasteiger partial charge in [0.25, 0.3) is 5.91 Å². The van der Waals surface area contributed by atoms with Crippen LogP contribution < -0.4 is 10.9 Å². The third-order valence-corrected chi connectivity index (χ3v) is 3.77. The first-order chi connectivity index (χ1) is 12.6. The summed E-state index contributed by atoms with van der Waals surface area (Å²) in [6.45, 7) is 0. The molecule has 2 heterocycles. The quantitative estimate of drug-likeness (QED) is 0.574. The van der Waals surface area contributed by atoms with Gasteiger partial charge in [-0.25, -0.2) is 0 Å². The van der Waals surface area contributed by atoms with Gasteiger partial charge in [-0.05, 0) is 42.8 Å². The van der Waals surface area contributed by atoms with E-state index in [9.17, 15) is 9.59 Å². The van der Waals surface area contributed by atoms with Gasteiger partial charge in [0.1, 0.15) is 5.69 Å². The van der Waals surface area contributed by atoms with Crippen molar-refractivity contribution in [1.82, 2.24) is 26.0 Å². The normalized spacial score (nSPS) is 10.5. The summed E-state index contributed by atoms with van der Waals surface area (Å²) < 4.78 is 5.18. The molecule has 26 heavy (non-hydrogen) atoms. The van der Waals surface area contributed by atoms with Crippen LogP contribution in [-0.4, -0.2) is 26.9 Å². The van der Waals surface area contributed by atoms with Crippen LogP contribution in [0.3, 0.4) is 0 Å². The molecule has 0 radical (unpaired) electrons. The van der Waals surface area contributed by atoms with E-state index in [4.69, 9.17) is 16.1 Å². The van der Waals surface area contributed by atoms with Gasteiger partial charge >= 0.3 is 0 Å². The largest absolute Gasteiger partial charge is 0.357 e. The smallest absolute Gasteiger partial charge is 0.286 e. The molecule has 0 saturated heterocycles. The fraction of sp³-hybridized carbons (Fsp3) is 0.176. The van der Waals surface area contributed by atoms with E-state index in [0.29, 0.717) is 35.3 Å². The molecule has 3 rings (SSSR count). The van der Waals surface area contributed by atoms with Crippen LogP contribution in [0.2, 0.25) is 5.02 Å². The van der Waals surface area contributed by atoms with Crippen molar-refractivity contribution in [2.24, 2.45) is 0 Å². The number of nitrogens with one attached hydrogen (secondary N) is 3. The topological polar surface area (TPSA) is 113 Å². The van der Waals surface area contributed by atoms with Gasteiger partial charge in [0, 0.05) is 29.6 Å². The van der Waals surface area contributed by atoms with E-state index >= 15 is 0 Å². The zero-order valence-electron chi connectivity index (χ0n) is 13.7. The lowest BCUT2D eigenvalue weighted by Crippen LogP contribution is -2.41. The number of hydrogen-bond donors (Lipinski definition) is 3. The second kappa shape index (κ2) is 8.30. The molecular weight excluding hydrogens is 358 g/mol. The second-order valence-electron chi connectivity index (χ2n) is 5.46. The molecule has 1 aromatic carbocycles. The molecule has 0 bridgehead atoms. The van der Waals surface area contributed by atoms with Gasteiger partial charge in [-0.3, -0.25) is 20.4 Å². The Morgan fingerprint density at radius 2 is 1.96 bits per heavy atom. The van der Waals surface area contributed by atoms with Gasteiger partial charge in [-0.1, -0.05) is 16.8 Å². The van der Waals surface area contributed by atoms with Crippen molar-refractivity contribution >= 4 is 23.4 Å². The Labute approximate surface area is 153 Å². The highest BCUT2D eigenvalue weighted by Crippen LogP contribution is 2.19. The summed E-state index contributed by atoms with van der Waals surface area (Å²) in [6.07, 6.45) is 2.80. The van der Waals surface area contributed by atoms with Crippen molar-refractivity contribution in [1.29, 1.82) is 0 Å². The highest BCUT2D eigenvalue weighted by Gasteiger charge is 2.11. The van der Waals surface area contributed by atoms with Gasteiger partial charge in [-0.2, -0.15) is 4.98 Å². The van der Waals surface area contributed by atoms with Crippen molar-refractivity contribution in [2.75, 3.05) is 0 Å². The predicted octanol–water partition coefficient (Wildman–Crippen LogP) is 2.50. The first kappa shape index (κ1) is 17.7. The van der Waals surface area contributed by atoms with Crippen molar-refractivity contribution in [3.63, 3.8) is 0 Å². The minimum absolute atomic E-state index is 0.212. The van der Waals surface area contributed by atoms with Crippen LogP contribution >= 0.6 is 11.6 Å². The molecule has 3 N–H and O–H groups in total. The van der Waals surface area contributed by atoms with E-state index in [2.05, 4.69) is 26.0 Å². The van der Waals surface area contributed by atoms with Gasteiger partial charge in [0.05, 0.1) is 0 Å². The highest BCUT2D eigenvalue weighted by molar-refractivity contribution is 6.30. The number of rotatable bonds is 6. The molecule has 2 amide bonds. The number of benzene rings is 1. The second-order valence-corrected chi connectivity index (χ2v) is 5.89. The maximum atomic E-state index is 11.8. The maximum Gasteiger partial charge on any atom is 0.286 e. The monoisotopic (exact) mass is 373 g/mol. The molecule has 0 aliphatic heterocycles. The summed E-state index contributed by atoms with van der Waals surface area (Å²) >= 11 is 5.85. The number of halogens is 1. The lowest BCUT2D eigenvalue weighted by molar-refractivity contribution is -0.121. The summed E-state index contributed by atoms with van der Waals surface area (Å²) in [5.74, 6) is 0.202. The number of aromatic nitrogens is 3. The Bertz CT molecular complexity index is 874. The Morgan fingerprint density at radius 3 is 2.69 bits per heavy atom. The number of aromatic amines is 1. The molecule has 0 fully saturated rings. The van der Waals surface area contributed by atoms with Crippen molar-refractivity contribution < 1.29 is 14.1 Å². The van der Waals surface area contributed by atoms with Crippen molar-refractivity contribution in [3.05, 3.63) is 59.2 Å². The van der Waals surface area contributed by atoms with E-state index in [1.165, 1.54) is 0 Å². The standard InChI is InChI=1S/C17H16ClN5O3/c18-12-8-6-11(7-9-12)16-20-15(26-23-16)5-1-4-14(24)21-22-17(25)13-3-2-10-19-13/h2-3,6-10,19H,1,4-5H2,(H,21,24)(H,22,25). The van der Waals surface area contributed by atoms with Crippen molar-refractivity contribution in [3.8, 4) is 11.4 Å². The Morgan fingerprint density at radius 1 is 1.15 bits per heavy atom. The number of aryl methyl sites for hydroxylation is 1. The van der Waals surface area contributed by atoms with E-state index in [-0.39, 0.29) is 12.3 Å². The minimum atomic E-state index is -0.409. The van der Waals surface area contributed by atoms with Crippen LogP contribution in [-0.2, 0) is 11.2 Å². The lowest BCUT2D eigenvalue weighted by Gasteiger charge is -2.05. The molecule has 0 saturated carbocycles. The summed E-state index contributed by atoms with van der Waals surface area (Å²) in [5.41, 5.74) is 5.85. The molecule has 134 valence electrons. The summed E-state index contributed by atoms with van der Waals surface area (Å²) in [6, 6.07) is 10.4. The van der Waals surface area contributed by atoms with Crippen LogP contribution in [0.1, 0.15) is 29.2 Å². The molecule has 0 atom stereocenters. The van der Waals surface area contributed by atoms with Crippen LogP contribution in [0.15, 0.2) is 47.1 Å². The minimum Gasteiger partial charge on any atom is -0.357 e. The van der Waals surface area contributed by atoms with E-state index in [0.717, 1.165) is 5.56 Å². The molecule has 0 aliphatic carbocycles. The molecule has 0 aliphatic rings. The Balaban J connectivity index is 1.41. The SMILES string of the molecule is O=C(CCCc1nc(-c2ccc(Cl)cc2)no1)NNC(=O)c1ccc[nH]1. The van der Waals surface area contributed by atoms with Gasteiger partial charge in [-0.15, -0.1) is 0 Å². The molecule has 0 spiro atoms. The predicted molar refractivity (Wildman–Crippen MR) is 94.1 cm³/mol. The molecular formula is C17H16ClN5O3. The first-order valence-corrected chi connectivity index (χ1v) is 8.31. The fourth-order valence-corrected chi connectivity index (χ4v) is 2.33. The zero-order chi connectivity index (χ0) is 18.4. The fourth-order valence-electron chi connectivity index (χ4n) is 2.20. The van der Waals surface area contributed by atoms with E-state index < -0.39 is 5.91 Å². The van der Waals surface area contributed by atoms with Gasteiger partial charge in [0.2, 0.25) is 17.6 Å². The number of hydrazine groups is 1. The molecule has 2 aromatic heterocycles. The highest BCUT2D eigenvalue weighted by atomic mass is 35.5. The average Bonchev–Trinajstić information content (AvgIpc) is 3.32. The van der Waals surface area contributed by atoms with Crippen LogP contribution in [0.25, 0.3) is 11.4 Å². The average molecular weight is 374 g/mol. The molecule has 8 nitrogen and oxygen atoms in total. The van der Waals surface area contributed by atoms with E-state index in [1.807, 2.05) is 0 Å². The number of H-pyrrole nitrogens is 1.